The second-order valence-electron chi connectivity index (χ2n) is 7.16. The van der Waals surface area contributed by atoms with E-state index in [4.69, 9.17) is 10.7 Å². The van der Waals surface area contributed by atoms with Crippen LogP contribution < -0.4 is 16.6 Å². The highest BCUT2D eigenvalue weighted by molar-refractivity contribution is 7.15. The van der Waals surface area contributed by atoms with Crippen molar-refractivity contribution in [1.29, 1.82) is 5.26 Å². The van der Waals surface area contributed by atoms with Crippen LogP contribution in [0.5, 0.6) is 0 Å². The summed E-state index contributed by atoms with van der Waals surface area (Å²) in [5, 5.41) is 14.3. The van der Waals surface area contributed by atoms with Crippen LogP contribution in [-0.2, 0) is 0 Å². The lowest BCUT2D eigenvalue weighted by Crippen LogP contribution is -2.32. The van der Waals surface area contributed by atoms with E-state index in [9.17, 15) is 10.1 Å². The number of rotatable bonds is 9. The first-order chi connectivity index (χ1) is 17.4. The van der Waals surface area contributed by atoms with Crippen LogP contribution in [0.15, 0.2) is 51.7 Å². The molecule has 0 aromatic carbocycles. The Morgan fingerprint density at radius 1 is 1.42 bits per heavy atom. The van der Waals surface area contributed by atoms with Gasteiger partial charge in [0.1, 0.15) is 5.84 Å². The smallest absolute Gasteiger partial charge is 0.266 e. The van der Waals surface area contributed by atoms with Gasteiger partial charge in [0.25, 0.3) is 5.56 Å². The number of nitriles is 1. The van der Waals surface area contributed by atoms with E-state index in [0.29, 0.717) is 35.4 Å². The molecule has 8 nitrogen and oxygen atoms in total. The van der Waals surface area contributed by atoms with Crippen LogP contribution in [0.3, 0.4) is 0 Å². The Kier molecular flexibility index (Phi) is 17.0. The van der Waals surface area contributed by atoms with Crippen molar-refractivity contribution in [3.05, 3.63) is 63.6 Å². The Morgan fingerprint density at radius 3 is 2.64 bits per heavy atom. The molecule has 0 radical (unpaired) electrons. The molecule has 9 heteroatoms. The van der Waals surface area contributed by atoms with Crippen LogP contribution in [0.4, 0.5) is 0 Å². The Hall–Kier alpha value is -3.50. The number of terminal acetylenes is 1. The maximum atomic E-state index is 13.4. The number of hydrogen-bond acceptors (Lipinski definition) is 7. The summed E-state index contributed by atoms with van der Waals surface area (Å²) in [5.41, 5.74) is 7.37. The monoisotopic (exact) mass is 509 g/mol. The number of aliphatic imine (C=N–C) groups is 1. The van der Waals surface area contributed by atoms with Crippen molar-refractivity contribution in [3.63, 3.8) is 0 Å². The van der Waals surface area contributed by atoms with Gasteiger partial charge in [0.15, 0.2) is 4.96 Å². The average Bonchev–Trinajstić information content (AvgIpc) is 3.36. The quantitative estimate of drug-likeness (QED) is 0.166. The minimum atomic E-state index is -0.343. The SMILES string of the molecule is C#CC.CC.C\C=C/C=C(\C=C/C)c1c(C(C)N/C(CC#N)=N/CN(C)CN)nc2sccn2c1=O. The first kappa shape index (κ1) is 32.5. The van der Waals surface area contributed by atoms with E-state index < -0.39 is 0 Å². The average molecular weight is 510 g/mol. The van der Waals surface area contributed by atoms with Gasteiger partial charge in [0, 0.05) is 18.2 Å². The van der Waals surface area contributed by atoms with Crippen LogP contribution in [-0.4, -0.2) is 40.5 Å². The van der Waals surface area contributed by atoms with Gasteiger partial charge in [-0.15, -0.1) is 23.7 Å². The van der Waals surface area contributed by atoms with Gasteiger partial charge < -0.3 is 11.1 Å². The lowest BCUT2D eigenvalue weighted by atomic mass is 10.0. The van der Waals surface area contributed by atoms with Crippen LogP contribution in [0, 0.1) is 23.7 Å². The number of nitrogens with two attached hydrogens (primary N) is 1. The number of thiazole rings is 1. The van der Waals surface area contributed by atoms with Gasteiger partial charge in [0.2, 0.25) is 0 Å². The van der Waals surface area contributed by atoms with Gasteiger partial charge >= 0.3 is 0 Å². The molecular formula is C27H39N7OS. The zero-order valence-electron chi connectivity index (χ0n) is 22.4. The summed E-state index contributed by atoms with van der Waals surface area (Å²) >= 11 is 1.40. The van der Waals surface area contributed by atoms with Crippen molar-refractivity contribution in [2.24, 2.45) is 10.7 Å². The normalized spacial score (nSPS) is 12.5. The molecule has 0 amide bonds. The molecule has 0 saturated carbocycles. The minimum Gasteiger partial charge on any atom is -0.365 e. The van der Waals surface area contributed by atoms with Gasteiger partial charge in [0.05, 0.1) is 36.5 Å². The summed E-state index contributed by atoms with van der Waals surface area (Å²) in [6.45, 7) is 12.1. The standard InChI is InChI=1S/C22H29N7OS.C3H4.C2H6/c1-5-7-9-17(8-6-2)19-20(27-22-29(21(19)30)12-13-31-22)16(3)26-18(10-11-23)25-15-28(4)14-24;1-3-2;1-2/h5-9,12-13,16H,10,14-15,24H2,1-4H3,(H,25,26);1H,2H3;1-2H3/b7-5-,8-6-,17-9+;;. The molecule has 0 aliphatic rings. The molecule has 2 rings (SSSR count). The highest BCUT2D eigenvalue weighted by Gasteiger charge is 2.21. The third kappa shape index (κ3) is 10.0. The van der Waals surface area contributed by atoms with Crippen molar-refractivity contribution in [2.75, 3.05) is 20.4 Å². The Balaban J connectivity index is 0.00000227. The lowest BCUT2D eigenvalue weighted by molar-refractivity contribution is 0.356. The van der Waals surface area contributed by atoms with E-state index in [1.807, 2.05) is 82.3 Å². The third-order valence-electron chi connectivity index (χ3n) is 4.45. The maximum absolute atomic E-state index is 13.4. The van der Waals surface area contributed by atoms with Crippen molar-refractivity contribution in [1.82, 2.24) is 19.6 Å². The largest absolute Gasteiger partial charge is 0.365 e. The van der Waals surface area contributed by atoms with Crippen molar-refractivity contribution >= 4 is 27.7 Å². The second kappa shape index (κ2) is 18.8. The molecule has 2 aromatic heterocycles. The fraction of sp³-hybridized carbons (Fsp3) is 0.407. The molecule has 0 fully saturated rings. The Bertz CT molecular complexity index is 1190. The maximum Gasteiger partial charge on any atom is 0.266 e. The lowest BCUT2D eigenvalue weighted by Gasteiger charge is -2.19. The molecule has 2 aromatic rings. The molecule has 36 heavy (non-hydrogen) atoms. The number of amidine groups is 1. The second-order valence-corrected chi connectivity index (χ2v) is 8.03. The molecule has 3 N–H and O–H groups in total. The van der Waals surface area contributed by atoms with Crippen molar-refractivity contribution < 1.29 is 0 Å². The first-order valence-corrected chi connectivity index (χ1v) is 12.6. The number of fused-ring (bicyclic) bond motifs is 1. The molecular weight excluding hydrogens is 470 g/mol. The molecule has 1 atom stereocenters. The summed E-state index contributed by atoms with van der Waals surface area (Å²) in [4.78, 5) is 25.0. The zero-order chi connectivity index (χ0) is 27.5. The highest BCUT2D eigenvalue weighted by Crippen LogP contribution is 2.24. The number of nitrogens with zero attached hydrogens (tertiary/aromatic N) is 5. The molecule has 0 aliphatic heterocycles. The molecule has 0 bridgehead atoms. The summed E-state index contributed by atoms with van der Waals surface area (Å²) in [6, 6.07) is 1.79. The predicted molar refractivity (Wildman–Crippen MR) is 154 cm³/mol. The fourth-order valence-corrected chi connectivity index (χ4v) is 3.61. The molecule has 0 aliphatic carbocycles. The van der Waals surface area contributed by atoms with Crippen LogP contribution in [0.25, 0.3) is 10.5 Å². The Labute approximate surface area is 219 Å². The summed E-state index contributed by atoms with van der Waals surface area (Å²) in [6.07, 6.45) is 15.9. The number of allylic oxidation sites excluding steroid dienone is 6. The van der Waals surface area contributed by atoms with Gasteiger partial charge in [-0.3, -0.25) is 19.1 Å². The van der Waals surface area contributed by atoms with Gasteiger partial charge in [-0.05, 0) is 40.3 Å². The van der Waals surface area contributed by atoms with Crippen molar-refractivity contribution in [3.8, 4) is 18.4 Å². The van der Waals surface area contributed by atoms with E-state index >= 15 is 0 Å². The number of aromatic nitrogens is 2. The van der Waals surface area contributed by atoms with Crippen molar-refractivity contribution in [2.45, 2.75) is 54.0 Å². The molecule has 2 heterocycles. The van der Waals surface area contributed by atoms with E-state index in [0.717, 1.165) is 5.57 Å². The molecule has 1 unspecified atom stereocenters. The number of hydrogen-bond donors (Lipinski definition) is 2. The topological polar surface area (TPSA) is 112 Å². The zero-order valence-corrected chi connectivity index (χ0v) is 23.3. The van der Waals surface area contributed by atoms with Crippen LogP contribution in [0.2, 0.25) is 0 Å². The van der Waals surface area contributed by atoms with E-state index in [-0.39, 0.29) is 18.0 Å². The molecule has 0 saturated heterocycles. The molecule has 194 valence electrons. The van der Waals surface area contributed by atoms with E-state index in [1.165, 1.54) is 11.3 Å². The van der Waals surface area contributed by atoms with Gasteiger partial charge in [-0.1, -0.05) is 44.2 Å². The molecule has 0 spiro atoms. The minimum absolute atomic E-state index is 0.119. The van der Waals surface area contributed by atoms with Gasteiger partial charge in [-0.25, -0.2) is 4.98 Å². The van der Waals surface area contributed by atoms with E-state index in [1.54, 1.807) is 17.5 Å². The van der Waals surface area contributed by atoms with Crippen LogP contribution in [0.1, 0.15) is 65.3 Å². The predicted octanol–water partition coefficient (Wildman–Crippen LogP) is 4.73. The Morgan fingerprint density at radius 2 is 2.08 bits per heavy atom. The van der Waals surface area contributed by atoms with E-state index in [2.05, 4.69) is 28.7 Å². The summed E-state index contributed by atoms with van der Waals surface area (Å²) in [5.74, 6) is 2.78. The summed E-state index contributed by atoms with van der Waals surface area (Å²) in [7, 11) is 1.84. The third-order valence-corrected chi connectivity index (χ3v) is 5.21. The van der Waals surface area contributed by atoms with Crippen LogP contribution >= 0.6 is 11.3 Å². The summed E-state index contributed by atoms with van der Waals surface area (Å²) < 4.78 is 1.56. The first-order valence-electron chi connectivity index (χ1n) is 11.8. The number of nitrogens with one attached hydrogen (secondary N) is 1. The van der Waals surface area contributed by atoms with Gasteiger partial charge in [-0.2, -0.15) is 5.26 Å². The fourth-order valence-electron chi connectivity index (χ4n) is 2.89. The highest BCUT2D eigenvalue weighted by atomic mass is 32.1.